The van der Waals surface area contributed by atoms with Crippen LogP contribution in [0.5, 0.6) is 11.5 Å². The predicted octanol–water partition coefficient (Wildman–Crippen LogP) is 7.83. The van der Waals surface area contributed by atoms with Crippen molar-refractivity contribution in [2.45, 2.75) is 46.1 Å². The van der Waals surface area contributed by atoms with Gasteiger partial charge in [-0.3, -0.25) is 0 Å². The summed E-state index contributed by atoms with van der Waals surface area (Å²) in [6, 6.07) is 27.6. The maximum atomic E-state index is 6.10. The fraction of sp³-hybridized carbons (Fsp3) is 0.281. The van der Waals surface area contributed by atoms with Crippen LogP contribution in [0.25, 0.3) is 21.8 Å². The van der Waals surface area contributed by atoms with Gasteiger partial charge in [-0.05, 0) is 84.5 Å². The minimum atomic E-state index is 0.176. The number of ether oxygens (including phenoxy) is 2. The van der Waals surface area contributed by atoms with Crippen LogP contribution in [0.2, 0.25) is 0 Å². The molecule has 0 aliphatic heterocycles. The van der Waals surface area contributed by atoms with E-state index in [0.717, 1.165) is 48.8 Å². The lowest BCUT2D eigenvalue weighted by Crippen LogP contribution is -2.10. The Morgan fingerprint density at radius 1 is 0.861 bits per heavy atom. The molecule has 0 bridgehead atoms. The predicted molar refractivity (Wildman–Crippen MR) is 148 cm³/mol. The SMILES string of the molecule is COc1ccc2cc(C(C)c3nc4ccccc4n3CCCCOc3cccc(C)c3C)ccc2c1. The fourth-order valence-corrected chi connectivity index (χ4v) is 4.88. The van der Waals surface area contributed by atoms with Crippen molar-refractivity contribution in [2.24, 2.45) is 0 Å². The molecule has 0 saturated heterocycles. The number of imidazole rings is 1. The molecule has 1 atom stereocenters. The van der Waals surface area contributed by atoms with Crippen molar-refractivity contribution in [1.29, 1.82) is 0 Å². The highest BCUT2D eigenvalue weighted by atomic mass is 16.5. The number of nitrogens with zero attached hydrogens (tertiary/aromatic N) is 2. The van der Waals surface area contributed by atoms with Gasteiger partial charge in [0.25, 0.3) is 0 Å². The molecule has 0 spiro atoms. The highest BCUT2D eigenvalue weighted by Crippen LogP contribution is 2.31. The van der Waals surface area contributed by atoms with E-state index in [1.165, 1.54) is 33.0 Å². The summed E-state index contributed by atoms with van der Waals surface area (Å²) >= 11 is 0. The van der Waals surface area contributed by atoms with Gasteiger partial charge in [-0.15, -0.1) is 0 Å². The molecular weight excluding hydrogens is 444 g/mol. The number of aromatic nitrogens is 2. The number of benzene rings is 4. The Bertz CT molecular complexity index is 1500. The van der Waals surface area contributed by atoms with Gasteiger partial charge in [0.15, 0.2) is 0 Å². The number of aryl methyl sites for hydroxylation is 2. The van der Waals surface area contributed by atoms with Crippen LogP contribution < -0.4 is 9.47 Å². The second-order valence-electron chi connectivity index (χ2n) is 9.56. The normalized spacial score (nSPS) is 12.2. The zero-order valence-corrected chi connectivity index (χ0v) is 21.6. The summed E-state index contributed by atoms with van der Waals surface area (Å²) in [5.41, 5.74) is 6.01. The Morgan fingerprint density at radius 2 is 1.67 bits per heavy atom. The van der Waals surface area contributed by atoms with E-state index in [0.29, 0.717) is 0 Å². The second-order valence-corrected chi connectivity index (χ2v) is 9.56. The van der Waals surface area contributed by atoms with E-state index >= 15 is 0 Å². The van der Waals surface area contributed by atoms with Gasteiger partial charge in [-0.2, -0.15) is 0 Å². The summed E-state index contributed by atoms with van der Waals surface area (Å²) in [6.07, 6.45) is 2.02. The van der Waals surface area contributed by atoms with Gasteiger partial charge in [0.05, 0.1) is 24.8 Å². The minimum absolute atomic E-state index is 0.176. The number of hydrogen-bond donors (Lipinski definition) is 0. The van der Waals surface area contributed by atoms with E-state index < -0.39 is 0 Å². The van der Waals surface area contributed by atoms with Crippen LogP contribution in [-0.4, -0.2) is 23.3 Å². The van der Waals surface area contributed by atoms with Crippen LogP contribution in [-0.2, 0) is 6.54 Å². The van der Waals surface area contributed by atoms with E-state index in [1.54, 1.807) is 7.11 Å². The molecule has 1 aromatic heterocycles. The quantitative estimate of drug-likeness (QED) is 0.203. The van der Waals surface area contributed by atoms with Gasteiger partial charge >= 0.3 is 0 Å². The van der Waals surface area contributed by atoms with Crippen LogP contribution in [0.1, 0.15) is 48.2 Å². The molecule has 4 aromatic carbocycles. The first-order chi connectivity index (χ1) is 17.5. The summed E-state index contributed by atoms with van der Waals surface area (Å²) in [5, 5.41) is 2.40. The number of para-hydroxylation sites is 2. The third-order valence-corrected chi connectivity index (χ3v) is 7.23. The van der Waals surface area contributed by atoms with Crippen molar-refractivity contribution >= 4 is 21.8 Å². The molecule has 5 aromatic rings. The molecule has 4 heteroatoms. The van der Waals surface area contributed by atoms with E-state index in [2.05, 4.69) is 98.1 Å². The van der Waals surface area contributed by atoms with E-state index in [-0.39, 0.29) is 5.92 Å². The second kappa shape index (κ2) is 10.4. The Kier molecular flexibility index (Phi) is 6.95. The van der Waals surface area contributed by atoms with Crippen molar-refractivity contribution in [3.63, 3.8) is 0 Å². The van der Waals surface area contributed by atoms with Crippen molar-refractivity contribution in [1.82, 2.24) is 9.55 Å². The monoisotopic (exact) mass is 478 g/mol. The number of rotatable bonds is 9. The number of methoxy groups -OCH3 is 1. The van der Waals surface area contributed by atoms with Crippen LogP contribution >= 0.6 is 0 Å². The molecule has 36 heavy (non-hydrogen) atoms. The van der Waals surface area contributed by atoms with E-state index in [4.69, 9.17) is 14.5 Å². The molecule has 1 heterocycles. The standard InChI is InChI=1S/C32H34N2O2/c1-22-10-9-13-31(23(22)2)36-19-8-7-18-34-30-12-6-5-11-29(30)33-32(34)24(3)25-14-15-27-21-28(35-4)17-16-26(27)20-25/h5-6,9-17,20-21,24H,7-8,18-19H2,1-4H3. The molecule has 0 amide bonds. The molecule has 4 nitrogen and oxygen atoms in total. The summed E-state index contributed by atoms with van der Waals surface area (Å²) < 4.78 is 13.9. The van der Waals surface area contributed by atoms with Crippen molar-refractivity contribution < 1.29 is 9.47 Å². The molecule has 1 unspecified atom stereocenters. The molecule has 0 aliphatic rings. The van der Waals surface area contributed by atoms with Gasteiger partial charge in [-0.1, -0.05) is 55.5 Å². The molecule has 0 aliphatic carbocycles. The van der Waals surface area contributed by atoms with Crippen LogP contribution in [0.4, 0.5) is 0 Å². The Labute approximate surface area is 213 Å². The highest BCUT2D eigenvalue weighted by molar-refractivity contribution is 5.85. The van der Waals surface area contributed by atoms with Crippen LogP contribution in [0.3, 0.4) is 0 Å². The first-order valence-corrected chi connectivity index (χ1v) is 12.8. The Balaban J connectivity index is 1.34. The number of hydrogen-bond acceptors (Lipinski definition) is 3. The largest absolute Gasteiger partial charge is 0.497 e. The minimum Gasteiger partial charge on any atom is -0.497 e. The number of fused-ring (bicyclic) bond motifs is 2. The van der Waals surface area contributed by atoms with Gasteiger partial charge < -0.3 is 14.0 Å². The van der Waals surface area contributed by atoms with E-state index in [9.17, 15) is 0 Å². The van der Waals surface area contributed by atoms with Gasteiger partial charge in [0.1, 0.15) is 17.3 Å². The number of unbranched alkanes of at least 4 members (excludes halogenated alkanes) is 1. The zero-order chi connectivity index (χ0) is 25.1. The van der Waals surface area contributed by atoms with Crippen molar-refractivity contribution in [3.8, 4) is 11.5 Å². The lowest BCUT2D eigenvalue weighted by molar-refractivity contribution is 0.301. The molecule has 5 rings (SSSR count). The summed E-state index contributed by atoms with van der Waals surface area (Å²) in [6.45, 7) is 8.14. The smallest absolute Gasteiger partial charge is 0.122 e. The van der Waals surface area contributed by atoms with Crippen molar-refractivity contribution in [2.75, 3.05) is 13.7 Å². The maximum Gasteiger partial charge on any atom is 0.122 e. The molecule has 0 N–H and O–H groups in total. The maximum absolute atomic E-state index is 6.10. The third-order valence-electron chi connectivity index (χ3n) is 7.23. The topological polar surface area (TPSA) is 36.3 Å². The Morgan fingerprint density at radius 3 is 2.53 bits per heavy atom. The third kappa shape index (κ3) is 4.81. The van der Waals surface area contributed by atoms with Gasteiger partial charge in [-0.25, -0.2) is 4.98 Å². The molecule has 0 radical (unpaired) electrons. The van der Waals surface area contributed by atoms with Gasteiger partial charge in [0.2, 0.25) is 0 Å². The van der Waals surface area contributed by atoms with E-state index in [1.807, 2.05) is 6.07 Å². The lowest BCUT2D eigenvalue weighted by Gasteiger charge is -2.16. The zero-order valence-electron chi connectivity index (χ0n) is 21.6. The molecule has 0 fully saturated rings. The van der Waals surface area contributed by atoms with Gasteiger partial charge in [0, 0.05) is 12.5 Å². The molecule has 0 saturated carbocycles. The van der Waals surface area contributed by atoms with Crippen molar-refractivity contribution in [3.05, 3.63) is 101 Å². The summed E-state index contributed by atoms with van der Waals surface area (Å²) in [7, 11) is 1.71. The fourth-order valence-electron chi connectivity index (χ4n) is 4.88. The summed E-state index contributed by atoms with van der Waals surface area (Å²) in [4.78, 5) is 5.08. The highest BCUT2D eigenvalue weighted by Gasteiger charge is 2.18. The Hall–Kier alpha value is -3.79. The average molecular weight is 479 g/mol. The summed E-state index contributed by atoms with van der Waals surface area (Å²) in [5.74, 6) is 3.16. The first kappa shape index (κ1) is 23.9. The van der Waals surface area contributed by atoms with Crippen LogP contribution in [0, 0.1) is 13.8 Å². The first-order valence-electron chi connectivity index (χ1n) is 12.8. The van der Waals surface area contributed by atoms with Crippen LogP contribution in [0.15, 0.2) is 78.9 Å². The molecule has 184 valence electrons. The molecular formula is C32H34N2O2. The lowest BCUT2D eigenvalue weighted by atomic mass is 9.97. The average Bonchev–Trinajstić information content (AvgIpc) is 3.28.